The molecule has 4 nitrogen and oxygen atoms in total. The van der Waals surface area contributed by atoms with E-state index >= 15 is 0 Å². The van der Waals surface area contributed by atoms with Crippen molar-refractivity contribution in [1.82, 2.24) is 14.8 Å². The third-order valence-electron chi connectivity index (χ3n) is 4.84. The lowest BCUT2D eigenvalue weighted by Gasteiger charge is -2.36. The summed E-state index contributed by atoms with van der Waals surface area (Å²) >= 11 is 6.06. The lowest BCUT2D eigenvalue weighted by molar-refractivity contribution is 0.0640. The zero-order valence-corrected chi connectivity index (χ0v) is 13.4. The number of carbonyl (C=O) groups excluding carboxylic acids is 1. The molecule has 2 aliphatic rings. The summed E-state index contributed by atoms with van der Waals surface area (Å²) in [5.41, 5.74) is 0.725. The number of nitrogens with zero attached hydrogens (tertiary/aromatic N) is 2. The lowest BCUT2D eigenvalue weighted by atomic mass is 9.89. The molecular weight excluding hydrogens is 286 g/mol. The molecule has 2 aliphatic heterocycles. The second-order valence-corrected chi connectivity index (χ2v) is 6.62. The highest BCUT2D eigenvalue weighted by atomic mass is 35.5. The number of piperidine rings is 1. The van der Waals surface area contributed by atoms with Crippen molar-refractivity contribution in [3.05, 3.63) is 23.0 Å². The van der Waals surface area contributed by atoms with E-state index in [1.807, 2.05) is 22.6 Å². The minimum atomic E-state index is 0.131. The fourth-order valence-electron chi connectivity index (χ4n) is 3.71. The third-order valence-corrected chi connectivity index (χ3v) is 5.04. The van der Waals surface area contributed by atoms with E-state index in [4.69, 9.17) is 11.6 Å². The Labute approximate surface area is 131 Å². The van der Waals surface area contributed by atoms with Crippen LogP contribution in [0.4, 0.5) is 0 Å². The maximum atomic E-state index is 12.8. The summed E-state index contributed by atoms with van der Waals surface area (Å²) < 4.78 is 1.95. The Balaban J connectivity index is 1.71. The minimum Gasteiger partial charge on any atom is -0.342 e. The molecule has 0 saturated carbocycles. The Morgan fingerprint density at radius 3 is 3.00 bits per heavy atom. The normalized spacial score (nSPS) is 26.3. The average molecular weight is 310 g/mol. The second-order valence-electron chi connectivity index (χ2n) is 6.19. The molecule has 2 atom stereocenters. The number of amides is 1. The van der Waals surface area contributed by atoms with Crippen LogP contribution < -0.4 is 5.32 Å². The van der Waals surface area contributed by atoms with E-state index in [0.717, 1.165) is 38.3 Å². The summed E-state index contributed by atoms with van der Waals surface area (Å²) in [6, 6.07) is 2.40. The van der Waals surface area contributed by atoms with E-state index in [2.05, 4.69) is 5.32 Å². The fraction of sp³-hybridized carbons (Fsp3) is 0.688. The molecule has 1 aromatic rings. The van der Waals surface area contributed by atoms with E-state index in [1.165, 1.54) is 19.3 Å². The van der Waals surface area contributed by atoms with Crippen molar-refractivity contribution in [3.63, 3.8) is 0 Å². The summed E-state index contributed by atoms with van der Waals surface area (Å²) in [5.74, 6) is 0.733. The molecule has 5 heteroatoms. The summed E-state index contributed by atoms with van der Waals surface area (Å²) in [6.45, 7) is 5.69. The quantitative estimate of drug-likeness (QED) is 0.932. The summed E-state index contributed by atoms with van der Waals surface area (Å²) in [4.78, 5) is 14.8. The first-order valence-corrected chi connectivity index (χ1v) is 8.45. The Kier molecular flexibility index (Phi) is 4.55. The number of likely N-dealkylation sites (tertiary alicyclic amines) is 1. The van der Waals surface area contributed by atoms with Gasteiger partial charge >= 0.3 is 0 Å². The molecule has 2 unspecified atom stereocenters. The monoisotopic (exact) mass is 309 g/mol. The van der Waals surface area contributed by atoms with Crippen LogP contribution in [-0.4, -0.2) is 41.1 Å². The van der Waals surface area contributed by atoms with Gasteiger partial charge in [-0.25, -0.2) is 0 Å². The van der Waals surface area contributed by atoms with Crippen LogP contribution in [0, 0.1) is 5.92 Å². The highest BCUT2D eigenvalue weighted by Crippen LogP contribution is 2.26. The molecule has 3 rings (SSSR count). The van der Waals surface area contributed by atoms with Gasteiger partial charge < -0.3 is 14.8 Å². The average Bonchev–Trinajstić information content (AvgIpc) is 3.15. The standard InChI is InChI=1S/C16H24ClN3O/c1-2-19-11-13(17)9-15(19)16(21)20-8-4-5-12(10-20)14-6-3-7-18-14/h9,11-12,14,18H,2-8,10H2,1H3. The smallest absolute Gasteiger partial charge is 0.270 e. The molecule has 1 N–H and O–H groups in total. The zero-order valence-electron chi connectivity index (χ0n) is 12.6. The van der Waals surface area contributed by atoms with Gasteiger partial charge in [-0.3, -0.25) is 4.79 Å². The van der Waals surface area contributed by atoms with Gasteiger partial charge in [-0.2, -0.15) is 0 Å². The number of halogens is 1. The van der Waals surface area contributed by atoms with Crippen LogP contribution in [0.15, 0.2) is 12.3 Å². The van der Waals surface area contributed by atoms with Crippen molar-refractivity contribution in [2.45, 2.75) is 45.2 Å². The highest BCUT2D eigenvalue weighted by Gasteiger charge is 2.31. The van der Waals surface area contributed by atoms with Crippen LogP contribution in [0.2, 0.25) is 5.02 Å². The fourth-order valence-corrected chi connectivity index (χ4v) is 3.94. The van der Waals surface area contributed by atoms with Crippen molar-refractivity contribution < 1.29 is 4.79 Å². The summed E-state index contributed by atoms with van der Waals surface area (Å²) in [7, 11) is 0. The van der Waals surface area contributed by atoms with Gasteiger partial charge in [0.05, 0.1) is 5.02 Å². The third kappa shape index (κ3) is 3.11. The first-order chi connectivity index (χ1) is 10.2. The van der Waals surface area contributed by atoms with E-state index in [9.17, 15) is 4.79 Å². The topological polar surface area (TPSA) is 37.3 Å². The number of hydrogen-bond donors (Lipinski definition) is 1. The Morgan fingerprint density at radius 1 is 1.43 bits per heavy atom. The van der Waals surface area contributed by atoms with Gasteiger partial charge in [0.2, 0.25) is 0 Å². The van der Waals surface area contributed by atoms with Crippen molar-refractivity contribution in [2.24, 2.45) is 5.92 Å². The number of hydrogen-bond acceptors (Lipinski definition) is 2. The maximum absolute atomic E-state index is 12.8. The Bertz CT molecular complexity index is 508. The van der Waals surface area contributed by atoms with Crippen molar-refractivity contribution >= 4 is 17.5 Å². The van der Waals surface area contributed by atoms with Crippen LogP contribution in [0.25, 0.3) is 0 Å². The molecule has 2 fully saturated rings. The predicted molar refractivity (Wildman–Crippen MR) is 84.8 cm³/mol. The van der Waals surface area contributed by atoms with Crippen molar-refractivity contribution in [3.8, 4) is 0 Å². The Morgan fingerprint density at radius 2 is 2.29 bits per heavy atom. The van der Waals surface area contributed by atoms with Crippen LogP contribution >= 0.6 is 11.6 Å². The first-order valence-electron chi connectivity index (χ1n) is 8.07. The van der Waals surface area contributed by atoms with Crippen LogP contribution in [0.1, 0.15) is 43.1 Å². The zero-order chi connectivity index (χ0) is 14.8. The largest absolute Gasteiger partial charge is 0.342 e. The molecule has 1 aromatic heterocycles. The van der Waals surface area contributed by atoms with Gasteiger partial charge in [-0.05, 0) is 51.1 Å². The van der Waals surface area contributed by atoms with Gasteiger partial charge in [0, 0.05) is 31.9 Å². The number of aryl methyl sites for hydroxylation is 1. The second kappa shape index (κ2) is 6.41. The first kappa shape index (κ1) is 14.9. The van der Waals surface area contributed by atoms with Crippen LogP contribution in [-0.2, 0) is 6.54 Å². The maximum Gasteiger partial charge on any atom is 0.270 e. The van der Waals surface area contributed by atoms with Gasteiger partial charge in [0.1, 0.15) is 5.69 Å². The van der Waals surface area contributed by atoms with E-state index < -0.39 is 0 Å². The lowest BCUT2D eigenvalue weighted by Crippen LogP contribution is -2.46. The minimum absolute atomic E-state index is 0.131. The number of carbonyl (C=O) groups is 1. The van der Waals surface area contributed by atoms with Crippen LogP contribution in [0.5, 0.6) is 0 Å². The van der Waals surface area contributed by atoms with Crippen molar-refractivity contribution in [1.29, 1.82) is 0 Å². The van der Waals surface area contributed by atoms with Gasteiger partial charge in [-0.1, -0.05) is 11.6 Å². The van der Waals surface area contributed by atoms with Gasteiger partial charge in [0.25, 0.3) is 5.91 Å². The molecule has 0 bridgehead atoms. The predicted octanol–water partition coefficient (Wildman–Crippen LogP) is 2.77. The van der Waals surface area contributed by atoms with Gasteiger partial charge in [-0.15, -0.1) is 0 Å². The molecule has 0 spiro atoms. The molecule has 0 aliphatic carbocycles. The van der Waals surface area contributed by atoms with E-state index in [0.29, 0.717) is 17.0 Å². The molecule has 0 radical (unpaired) electrons. The molecule has 116 valence electrons. The summed E-state index contributed by atoms with van der Waals surface area (Å²) in [6.07, 6.45) is 6.70. The van der Waals surface area contributed by atoms with E-state index in [-0.39, 0.29) is 5.91 Å². The number of nitrogens with one attached hydrogen (secondary N) is 1. The van der Waals surface area contributed by atoms with Crippen molar-refractivity contribution in [2.75, 3.05) is 19.6 Å². The highest BCUT2D eigenvalue weighted by molar-refractivity contribution is 6.31. The number of aromatic nitrogens is 1. The molecule has 2 saturated heterocycles. The molecule has 0 aromatic carbocycles. The molecule has 21 heavy (non-hydrogen) atoms. The van der Waals surface area contributed by atoms with Crippen LogP contribution in [0.3, 0.4) is 0 Å². The SMILES string of the molecule is CCn1cc(Cl)cc1C(=O)N1CCCC(C2CCCN2)C1. The molecule has 3 heterocycles. The Hall–Kier alpha value is -1.00. The summed E-state index contributed by atoms with van der Waals surface area (Å²) in [5, 5.41) is 4.23. The number of rotatable bonds is 3. The molecular formula is C16H24ClN3O. The van der Waals surface area contributed by atoms with E-state index in [1.54, 1.807) is 6.07 Å². The van der Waals surface area contributed by atoms with Gasteiger partial charge in [0.15, 0.2) is 0 Å². The molecule has 1 amide bonds.